The lowest BCUT2D eigenvalue weighted by atomic mass is 9.99. The number of amides is 3. The van der Waals surface area contributed by atoms with Gasteiger partial charge in [-0.2, -0.15) is 0 Å². The zero-order chi connectivity index (χ0) is 21.0. The second kappa shape index (κ2) is 7.06. The van der Waals surface area contributed by atoms with E-state index in [9.17, 15) is 14.4 Å². The van der Waals surface area contributed by atoms with Gasteiger partial charge < -0.3 is 4.90 Å². The fourth-order valence-electron chi connectivity index (χ4n) is 4.53. The van der Waals surface area contributed by atoms with Gasteiger partial charge in [-0.05, 0) is 52.8 Å². The Morgan fingerprint density at radius 2 is 1.70 bits per heavy atom. The quantitative estimate of drug-likeness (QED) is 0.579. The molecular formula is C24H22N2O3S. The molecule has 1 aliphatic carbocycles. The number of likely N-dealkylation sites (N-methyl/N-ethyl adjacent to an activating group) is 1. The molecule has 5 nitrogen and oxygen atoms in total. The molecule has 3 aromatic rings. The van der Waals surface area contributed by atoms with E-state index in [1.807, 2.05) is 12.1 Å². The van der Waals surface area contributed by atoms with Crippen LogP contribution in [0.3, 0.4) is 0 Å². The van der Waals surface area contributed by atoms with Gasteiger partial charge in [0, 0.05) is 11.7 Å². The van der Waals surface area contributed by atoms with Crippen molar-refractivity contribution in [2.45, 2.75) is 19.4 Å². The van der Waals surface area contributed by atoms with E-state index >= 15 is 0 Å². The van der Waals surface area contributed by atoms with Crippen molar-refractivity contribution in [2.75, 3.05) is 13.6 Å². The molecule has 2 heterocycles. The second-order valence-electron chi connectivity index (χ2n) is 8.26. The molecule has 0 bridgehead atoms. The highest BCUT2D eigenvalue weighted by Crippen LogP contribution is 2.51. The minimum Gasteiger partial charge on any atom is -0.337 e. The van der Waals surface area contributed by atoms with Crippen LogP contribution in [0.4, 0.5) is 0 Å². The molecule has 1 aliphatic heterocycles. The van der Waals surface area contributed by atoms with Gasteiger partial charge in [0.15, 0.2) is 0 Å². The third-order valence-electron chi connectivity index (χ3n) is 6.39. The first-order valence-corrected chi connectivity index (χ1v) is 11.0. The van der Waals surface area contributed by atoms with E-state index in [2.05, 4.69) is 24.4 Å². The molecule has 1 aromatic heterocycles. The van der Waals surface area contributed by atoms with Crippen LogP contribution in [0.1, 0.15) is 45.7 Å². The van der Waals surface area contributed by atoms with Crippen LogP contribution in [0.5, 0.6) is 0 Å². The van der Waals surface area contributed by atoms with Gasteiger partial charge in [-0.1, -0.05) is 37.3 Å². The fraction of sp³-hybridized carbons (Fsp3) is 0.292. The number of imide groups is 1. The van der Waals surface area contributed by atoms with E-state index in [0.717, 1.165) is 16.9 Å². The van der Waals surface area contributed by atoms with Crippen LogP contribution in [0.2, 0.25) is 0 Å². The molecule has 0 saturated heterocycles. The summed E-state index contributed by atoms with van der Waals surface area (Å²) in [5.41, 5.74) is 1.89. The van der Waals surface area contributed by atoms with E-state index in [1.54, 1.807) is 47.5 Å². The van der Waals surface area contributed by atoms with Crippen molar-refractivity contribution in [1.82, 2.24) is 9.80 Å². The highest BCUT2D eigenvalue weighted by Gasteiger charge is 2.45. The van der Waals surface area contributed by atoms with Crippen LogP contribution >= 0.6 is 11.3 Å². The molecule has 2 aromatic carbocycles. The Morgan fingerprint density at radius 1 is 1.10 bits per heavy atom. The van der Waals surface area contributed by atoms with Crippen LogP contribution in [0, 0.1) is 11.8 Å². The molecule has 5 rings (SSSR count). The maximum absolute atomic E-state index is 13.2. The van der Waals surface area contributed by atoms with Crippen molar-refractivity contribution in [3.8, 4) is 0 Å². The summed E-state index contributed by atoms with van der Waals surface area (Å²) in [6.45, 7) is 1.97. The molecule has 2 aliphatic rings. The average Bonchev–Trinajstić information content (AvgIpc) is 3.24. The number of nitrogens with zero attached hydrogens (tertiary/aromatic N) is 2. The summed E-state index contributed by atoms with van der Waals surface area (Å²) in [5.74, 6) is -0.0735. The SMILES string of the molecule is C[C@@H]1C[C@@H]1[C@@H](c1csc2ccccc12)N(C)C(=O)CN1C(=O)c2ccccc2C1=O. The molecule has 30 heavy (non-hydrogen) atoms. The van der Waals surface area contributed by atoms with E-state index in [0.29, 0.717) is 23.0 Å². The van der Waals surface area contributed by atoms with Crippen molar-refractivity contribution < 1.29 is 14.4 Å². The van der Waals surface area contributed by atoms with E-state index in [4.69, 9.17) is 0 Å². The lowest BCUT2D eigenvalue weighted by Gasteiger charge is -2.30. The van der Waals surface area contributed by atoms with E-state index in [-0.39, 0.29) is 18.5 Å². The smallest absolute Gasteiger partial charge is 0.262 e. The maximum Gasteiger partial charge on any atom is 0.262 e. The minimum atomic E-state index is -0.394. The van der Waals surface area contributed by atoms with Crippen LogP contribution in [0.25, 0.3) is 10.1 Å². The minimum absolute atomic E-state index is 0.0566. The Morgan fingerprint density at radius 3 is 2.33 bits per heavy atom. The molecule has 3 amide bonds. The number of carbonyl (C=O) groups excluding carboxylic acids is 3. The van der Waals surface area contributed by atoms with Gasteiger partial charge in [-0.3, -0.25) is 19.3 Å². The summed E-state index contributed by atoms with van der Waals surface area (Å²) in [5, 5.41) is 3.32. The predicted octanol–water partition coefficient (Wildman–Crippen LogP) is 4.35. The van der Waals surface area contributed by atoms with Gasteiger partial charge in [-0.15, -0.1) is 11.3 Å². The Bertz CT molecular complexity index is 1150. The molecule has 0 N–H and O–H groups in total. The molecule has 1 saturated carbocycles. The maximum atomic E-state index is 13.2. The van der Waals surface area contributed by atoms with Crippen LogP contribution < -0.4 is 0 Å². The molecule has 0 radical (unpaired) electrons. The third-order valence-corrected chi connectivity index (χ3v) is 7.37. The summed E-state index contributed by atoms with van der Waals surface area (Å²) in [4.78, 5) is 41.4. The van der Waals surface area contributed by atoms with Crippen molar-refractivity contribution in [3.05, 3.63) is 70.6 Å². The number of hydrogen-bond acceptors (Lipinski definition) is 4. The largest absolute Gasteiger partial charge is 0.337 e. The van der Waals surface area contributed by atoms with E-state index in [1.165, 1.54) is 10.1 Å². The fourth-order valence-corrected chi connectivity index (χ4v) is 5.52. The van der Waals surface area contributed by atoms with Crippen molar-refractivity contribution in [3.63, 3.8) is 0 Å². The molecule has 6 heteroatoms. The normalized spacial score (nSPS) is 21.1. The molecule has 0 spiro atoms. The highest BCUT2D eigenvalue weighted by molar-refractivity contribution is 7.17. The zero-order valence-electron chi connectivity index (χ0n) is 16.9. The highest BCUT2D eigenvalue weighted by atomic mass is 32.1. The Labute approximate surface area is 178 Å². The first-order chi connectivity index (χ1) is 14.5. The Balaban J connectivity index is 1.42. The van der Waals surface area contributed by atoms with Gasteiger partial charge >= 0.3 is 0 Å². The first kappa shape index (κ1) is 19.0. The number of fused-ring (bicyclic) bond motifs is 2. The standard InChI is InChI=1S/C24H22N2O3S/c1-14-11-18(14)22(19-13-30-20-10-6-5-7-15(19)20)25(2)21(27)12-26-23(28)16-8-3-4-9-17(16)24(26)29/h3-10,13-14,18,22H,11-12H2,1-2H3/t14-,18+,22+/m1/s1. The molecule has 0 unspecified atom stereocenters. The molecule has 152 valence electrons. The van der Waals surface area contributed by atoms with Crippen molar-refractivity contribution in [2.24, 2.45) is 11.8 Å². The molecule has 3 atom stereocenters. The Hall–Kier alpha value is -2.99. The summed E-state index contributed by atoms with van der Waals surface area (Å²) in [7, 11) is 1.79. The van der Waals surface area contributed by atoms with Gasteiger partial charge in [0.05, 0.1) is 17.2 Å². The van der Waals surface area contributed by atoms with Crippen molar-refractivity contribution in [1.29, 1.82) is 0 Å². The summed E-state index contributed by atoms with van der Waals surface area (Å²) >= 11 is 1.69. The third kappa shape index (κ3) is 2.94. The van der Waals surface area contributed by atoms with Gasteiger partial charge in [0.25, 0.3) is 11.8 Å². The first-order valence-electron chi connectivity index (χ1n) is 10.1. The molecular weight excluding hydrogens is 396 g/mol. The van der Waals surface area contributed by atoms with Crippen LogP contribution in [0.15, 0.2) is 53.9 Å². The monoisotopic (exact) mass is 418 g/mol. The number of thiophene rings is 1. The van der Waals surface area contributed by atoms with Gasteiger partial charge in [-0.25, -0.2) is 0 Å². The van der Waals surface area contributed by atoms with E-state index < -0.39 is 11.8 Å². The zero-order valence-corrected chi connectivity index (χ0v) is 17.7. The number of carbonyl (C=O) groups is 3. The topological polar surface area (TPSA) is 57.7 Å². The summed E-state index contributed by atoms with van der Waals surface area (Å²) in [6, 6.07) is 14.9. The van der Waals surface area contributed by atoms with Gasteiger partial charge in [0.1, 0.15) is 6.54 Å². The average molecular weight is 419 g/mol. The predicted molar refractivity (Wildman–Crippen MR) is 116 cm³/mol. The lowest BCUT2D eigenvalue weighted by Crippen LogP contribution is -2.43. The summed E-state index contributed by atoms with van der Waals surface area (Å²) < 4.78 is 1.20. The lowest BCUT2D eigenvalue weighted by molar-refractivity contribution is -0.132. The Kier molecular flexibility index (Phi) is 4.47. The number of hydrogen-bond donors (Lipinski definition) is 0. The number of benzene rings is 2. The molecule has 1 fully saturated rings. The van der Waals surface area contributed by atoms with Gasteiger partial charge in [0.2, 0.25) is 5.91 Å². The van der Waals surface area contributed by atoms with Crippen molar-refractivity contribution >= 4 is 39.1 Å². The van der Waals surface area contributed by atoms with Crippen LogP contribution in [-0.4, -0.2) is 41.1 Å². The van der Waals surface area contributed by atoms with Crippen LogP contribution in [-0.2, 0) is 4.79 Å². The second-order valence-corrected chi connectivity index (χ2v) is 9.17. The number of rotatable bonds is 5. The summed E-state index contributed by atoms with van der Waals surface area (Å²) in [6.07, 6.45) is 1.07.